The van der Waals surface area contributed by atoms with E-state index in [1.165, 1.54) is 0 Å². The summed E-state index contributed by atoms with van der Waals surface area (Å²) in [4.78, 5) is 8.50. The molecule has 0 aliphatic heterocycles. The summed E-state index contributed by atoms with van der Waals surface area (Å²) >= 11 is 7.66. The van der Waals surface area contributed by atoms with Gasteiger partial charge in [0.1, 0.15) is 5.01 Å². The van der Waals surface area contributed by atoms with E-state index in [1.54, 1.807) is 23.7 Å². The van der Waals surface area contributed by atoms with Gasteiger partial charge in [0.25, 0.3) is 0 Å². The maximum atomic E-state index is 6.12. The van der Waals surface area contributed by atoms with Gasteiger partial charge in [-0.25, -0.2) is 4.98 Å². The number of fused-ring (bicyclic) bond motifs is 1. The molecule has 0 radical (unpaired) electrons. The Morgan fingerprint density at radius 3 is 2.88 bits per heavy atom. The number of pyridine rings is 1. The van der Waals surface area contributed by atoms with Crippen LogP contribution in [0.1, 0.15) is 0 Å². The summed E-state index contributed by atoms with van der Waals surface area (Å²) in [6, 6.07) is 7.56. The average molecular weight is 262 g/mol. The normalized spacial score (nSPS) is 10.9. The van der Waals surface area contributed by atoms with E-state index < -0.39 is 0 Å². The van der Waals surface area contributed by atoms with Gasteiger partial charge in [-0.3, -0.25) is 4.98 Å². The number of thiazole rings is 1. The van der Waals surface area contributed by atoms with Crippen LogP contribution in [0.5, 0.6) is 0 Å². The van der Waals surface area contributed by atoms with Crippen molar-refractivity contribution < 1.29 is 0 Å². The fourth-order valence-corrected chi connectivity index (χ4v) is 2.93. The molecule has 3 aromatic rings. The molecule has 0 bridgehead atoms. The van der Waals surface area contributed by atoms with E-state index in [4.69, 9.17) is 17.3 Å². The highest BCUT2D eigenvalue weighted by atomic mass is 35.5. The molecular formula is C12H8ClN3S. The Balaban J connectivity index is 2.26. The number of nitrogens with zero attached hydrogens (tertiary/aromatic N) is 2. The van der Waals surface area contributed by atoms with Gasteiger partial charge in [0.2, 0.25) is 0 Å². The molecule has 2 N–H and O–H groups in total. The van der Waals surface area contributed by atoms with E-state index in [2.05, 4.69) is 9.97 Å². The molecule has 0 atom stereocenters. The summed E-state index contributed by atoms with van der Waals surface area (Å²) < 4.78 is 0.986. The molecule has 2 heterocycles. The molecule has 0 aliphatic carbocycles. The van der Waals surface area contributed by atoms with E-state index in [1.807, 2.05) is 24.3 Å². The number of aromatic nitrogens is 2. The highest BCUT2D eigenvalue weighted by Gasteiger charge is 2.10. The first-order valence-corrected chi connectivity index (χ1v) is 6.20. The van der Waals surface area contributed by atoms with E-state index >= 15 is 0 Å². The van der Waals surface area contributed by atoms with Crippen LogP contribution in [0, 0.1) is 0 Å². The van der Waals surface area contributed by atoms with Crippen LogP contribution in [0.25, 0.3) is 20.8 Å². The zero-order chi connectivity index (χ0) is 11.8. The average Bonchev–Trinajstić information content (AvgIpc) is 2.75. The van der Waals surface area contributed by atoms with Crippen molar-refractivity contribution in [2.24, 2.45) is 0 Å². The van der Waals surface area contributed by atoms with Gasteiger partial charge in [-0.15, -0.1) is 11.3 Å². The van der Waals surface area contributed by atoms with Crippen molar-refractivity contribution in [3.63, 3.8) is 0 Å². The number of rotatable bonds is 1. The van der Waals surface area contributed by atoms with Crippen molar-refractivity contribution in [3.8, 4) is 10.6 Å². The Hall–Kier alpha value is -1.65. The van der Waals surface area contributed by atoms with Crippen LogP contribution in [0.4, 0.5) is 5.69 Å². The number of benzene rings is 1. The van der Waals surface area contributed by atoms with E-state index in [-0.39, 0.29) is 0 Å². The molecular weight excluding hydrogens is 254 g/mol. The van der Waals surface area contributed by atoms with Crippen molar-refractivity contribution in [1.29, 1.82) is 0 Å². The molecule has 5 heteroatoms. The number of anilines is 1. The van der Waals surface area contributed by atoms with Crippen LogP contribution in [0.3, 0.4) is 0 Å². The molecule has 0 fully saturated rings. The standard InChI is InChI=1S/C12H8ClN3S/c13-8-2-1-3-10-11(8)17-12(16-10)7-4-5-15-6-9(7)14/h1-6H,14H2. The minimum atomic E-state index is 0.627. The molecule has 0 unspecified atom stereocenters. The van der Waals surface area contributed by atoms with Crippen molar-refractivity contribution in [2.45, 2.75) is 0 Å². The second-order valence-electron chi connectivity index (χ2n) is 3.57. The van der Waals surface area contributed by atoms with Crippen molar-refractivity contribution >= 4 is 38.8 Å². The van der Waals surface area contributed by atoms with Crippen molar-refractivity contribution in [2.75, 3.05) is 5.73 Å². The summed E-state index contributed by atoms with van der Waals surface area (Å²) in [6.45, 7) is 0. The van der Waals surface area contributed by atoms with Crippen LogP contribution in [0.2, 0.25) is 5.02 Å². The fraction of sp³-hybridized carbons (Fsp3) is 0. The summed E-state index contributed by atoms with van der Waals surface area (Å²) in [5.74, 6) is 0. The van der Waals surface area contributed by atoms with Gasteiger partial charge in [0.15, 0.2) is 0 Å². The lowest BCUT2D eigenvalue weighted by Crippen LogP contribution is -1.89. The second kappa shape index (κ2) is 3.98. The minimum absolute atomic E-state index is 0.627. The SMILES string of the molecule is Nc1cnccc1-c1nc2cccc(Cl)c2s1. The highest BCUT2D eigenvalue weighted by molar-refractivity contribution is 7.22. The highest BCUT2D eigenvalue weighted by Crippen LogP contribution is 2.35. The van der Waals surface area contributed by atoms with E-state index in [0.29, 0.717) is 5.69 Å². The monoisotopic (exact) mass is 261 g/mol. The molecule has 3 nitrogen and oxygen atoms in total. The van der Waals surface area contributed by atoms with Crippen LogP contribution in [-0.2, 0) is 0 Å². The second-order valence-corrected chi connectivity index (χ2v) is 4.98. The topological polar surface area (TPSA) is 51.8 Å². The number of hydrogen-bond acceptors (Lipinski definition) is 4. The number of halogens is 1. The molecule has 0 spiro atoms. The lowest BCUT2D eigenvalue weighted by molar-refractivity contribution is 1.33. The molecule has 3 rings (SSSR count). The molecule has 0 aliphatic rings. The van der Waals surface area contributed by atoms with Gasteiger partial charge in [0.05, 0.1) is 27.1 Å². The van der Waals surface area contributed by atoms with Crippen molar-refractivity contribution in [1.82, 2.24) is 9.97 Å². The Bertz CT molecular complexity index is 693. The Morgan fingerprint density at radius 2 is 2.12 bits per heavy atom. The van der Waals surface area contributed by atoms with Crippen LogP contribution in [-0.4, -0.2) is 9.97 Å². The first-order chi connectivity index (χ1) is 8.25. The summed E-state index contributed by atoms with van der Waals surface area (Å²) in [5.41, 5.74) is 8.31. The summed E-state index contributed by atoms with van der Waals surface area (Å²) in [5, 5.41) is 1.59. The minimum Gasteiger partial charge on any atom is -0.397 e. The Morgan fingerprint density at radius 1 is 1.24 bits per heavy atom. The first kappa shape index (κ1) is 10.5. The van der Waals surface area contributed by atoms with Gasteiger partial charge < -0.3 is 5.73 Å². The zero-order valence-corrected chi connectivity index (χ0v) is 10.3. The van der Waals surface area contributed by atoms with Gasteiger partial charge in [-0.2, -0.15) is 0 Å². The van der Waals surface area contributed by atoms with Gasteiger partial charge >= 0.3 is 0 Å². The predicted molar refractivity (Wildman–Crippen MR) is 72.3 cm³/mol. The van der Waals surface area contributed by atoms with Crippen LogP contribution in [0.15, 0.2) is 36.7 Å². The van der Waals surface area contributed by atoms with Crippen molar-refractivity contribution in [3.05, 3.63) is 41.7 Å². The van der Waals surface area contributed by atoms with E-state index in [0.717, 1.165) is 25.8 Å². The van der Waals surface area contributed by atoms with E-state index in [9.17, 15) is 0 Å². The van der Waals surface area contributed by atoms with Gasteiger partial charge in [-0.05, 0) is 18.2 Å². The summed E-state index contributed by atoms with van der Waals surface area (Å²) in [6.07, 6.45) is 3.34. The third-order valence-electron chi connectivity index (χ3n) is 2.45. The Kier molecular flexibility index (Phi) is 2.46. The molecule has 0 saturated carbocycles. The lowest BCUT2D eigenvalue weighted by Gasteiger charge is -1.98. The van der Waals surface area contributed by atoms with Gasteiger partial charge in [-0.1, -0.05) is 17.7 Å². The molecule has 1 aromatic carbocycles. The number of hydrogen-bond donors (Lipinski definition) is 1. The molecule has 0 saturated heterocycles. The number of nitrogen functional groups attached to an aromatic ring is 1. The Labute approximate surface area is 107 Å². The third-order valence-corrected chi connectivity index (χ3v) is 4.01. The largest absolute Gasteiger partial charge is 0.397 e. The maximum absolute atomic E-state index is 6.12. The summed E-state index contributed by atoms with van der Waals surface area (Å²) in [7, 11) is 0. The molecule has 0 amide bonds. The quantitative estimate of drug-likeness (QED) is 0.728. The van der Waals surface area contributed by atoms with Crippen LogP contribution >= 0.6 is 22.9 Å². The third kappa shape index (κ3) is 1.75. The molecule has 17 heavy (non-hydrogen) atoms. The smallest absolute Gasteiger partial charge is 0.126 e. The number of nitrogens with two attached hydrogens (primary N) is 1. The van der Waals surface area contributed by atoms with Gasteiger partial charge in [0, 0.05) is 11.8 Å². The predicted octanol–water partition coefficient (Wildman–Crippen LogP) is 3.59. The maximum Gasteiger partial charge on any atom is 0.126 e. The fourth-order valence-electron chi connectivity index (χ4n) is 1.63. The first-order valence-electron chi connectivity index (χ1n) is 5.00. The zero-order valence-electron chi connectivity index (χ0n) is 8.72. The molecule has 2 aromatic heterocycles. The molecule has 84 valence electrons. The van der Waals surface area contributed by atoms with Crippen LogP contribution < -0.4 is 5.73 Å². The lowest BCUT2D eigenvalue weighted by atomic mass is 10.2.